The van der Waals surface area contributed by atoms with Crippen LogP contribution in [-0.4, -0.2) is 38.1 Å². The van der Waals surface area contributed by atoms with Crippen molar-refractivity contribution in [3.63, 3.8) is 0 Å². The second-order valence-electron chi connectivity index (χ2n) is 5.09. The van der Waals surface area contributed by atoms with E-state index < -0.39 is 20.5 Å². The summed E-state index contributed by atoms with van der Waals surface area (Å²) in [7, 11) is -4.63. The molecule has 0 aliphatic rings. The first-order valence-corrected chi connectivity index (χ1v) is 8.55. The van der Waals surface area contributed by atoms with Crippen LogP contribution in [0.2, 0.25) is 0 Å². The average molecular weight is 344 g/mol. The number of hydrogen-bond acceptors (Lipinski definition) is 4. The molecule has 1 aromatic carbocycles. The third-order valence-corrected chi connectivity index (χ3v) is 4.69. The Labute approximate surface area is 134 Å². The van der Waals surface area contributed by atoms with Crippen LogP contribution in [0.3, 0.4) is 0 Å². The highest BCUT2D eigenvalue weighted by molar-refractivity contribution is 7.91. The van der Waals surface area contributed by atoms with Gasteiger partial charge in [-0.15, -0.1) is 0 Å². The Morgan fingerprint density at radius 2 is 1.87 bits per heavy atom. The summed E-state index contributed by atoms with van der Waals surface area (Å²) < 4.78 is 47.5. The molecule has 1 unspecified atom stereocenters. The van der Waals surface area contributed by atoms with E-state index in [1.54, 1.807) is 13.8 Å². The molecule has 0 radical (unpaired) electrons. The normalized spacial score (nSPS) is 12.7. The maximum atomic E-state index is 12.4. The third-order valence-electron chi connectivity index (χ3n) is 3.29. The number of sulfone groups is 1. The fourth-order valence-corrected chi connectivity index (χ4v) is 2.69. The van der Waals surface area contributed by atoms with Crippen molar-refractivity contribution in [3.8, 4) is 6.07 Å². The number of benzene rings is 1. The van der Waals surface area contributed by atoms with Crippen LogP contribution in [0.15, 0.2) is 29.2 Å². The van der Waals surface area contributed by atoms with Crippen molar-refractivity contribution in [2.24, 2.45) is 5.92 Å². The van der Waals surface area contributed by atoms with E-state index in [1.807, 2.05) is 0 Å². The maximum absolute atomic E-state index is 12.4. The summed E-state index contributed by atoms with van der Waals surface area (Å²) in [5.41, 5.74) is 0.520. The van der Waals surface area contributed by atoms with Crippen molar-refractivity contribution in [2.75, 3.05) is 13.1 Å². The maximum Gasteiger partial charge on any atom is 0.341 e. The number of likely N-dealkylation sites (N-methyl/N-ethyl adjacent to an activating group) is 1. The molecule has 1 rings (SSSR count). The van der Waals surface area contributed by atoms with Crippen molar-refractivity contribution >= 4 is 15.7 Å². The lowest BCUT2D eigenvalue weighted by atomic mass is 10.1. The topological polar surface area (TPSA) is 78.2 Å². The number of carbonyl (C=O) groups excluding carboxylic acids is 1. The number of amides is 1. The molecule has 8 heteroatoms. The van der Waals surface area contributed by atoms with Gasteiger partial charge in [-0.05, 0) is 31.5 Å². The number of halogens is 2. The molecule has 0 aromatic heterocycles. The third kappa shape index (κ3) is 4.99. The Kier molecular flexibility index (Phi) is 6.63. The molecule has 0 N–H and O–H groups in total. The van der Waals surface area contributed by atoms with Crippen molar-refractivity contribution < 1.29 is 22.0 Å². The Bertz CT molecular complexity index is 682. The fraction of sp³-hybridized carbons (Fsp3) is 0.467. The van der Waals surface area contributed by atoms with Gasteiger partial charge < -0.3 is 4.90 Å². The summed E-state index contributed by atoms with van der Waals surface area (Å²) in [6, 6.07) is 6.87. The number of carbonyl (C=O) groups is 1. The molecule has 0 saturated heterocycles. The zero-order valence-corrected chi connectivity index (χ0v) is 13.7. The summed E-state index contributed by atoms with van der Waals surface area (Å²) >= 11 is 0. The van der Waals surface area contributed by atoms with Crippen LogP contribution in [0.5, 0.6) is 0 Å². The minimum Gasteiger partial charge on any atom is -0.341 e. The summed E-state index contributed by atoms with van der Waals surface area (Å²) in [4.78, 5) is 13.2. The zero-order valence-electron chi connectivity index (χ0n) is 12.9. The van der Waals surface area contributed by atoms with Crippen LogP contribution < -0.4 is 0 Å². The van der Waals surface area contributed by atoms with Gasteiger partial charge in [0.15, 0.2) is 0 Å². The van der Waals surface area contributed by atoms with Crippen LogP contribution in [0.1, 0.15) is 19.4 Å². The molecule has 0 aliphatic carbocycles. The first-order valence-electron chi connectivity index (χ1n) is 7.00. The van der Waals surface area contributed by atoms with E-state index in [1.165, 1.54) is 17.0 Å². The van der Waals surface area contributed by atoms with Crippen molar-refractivity contribution in [3.05, 3.63) is 29.8 Å². The summed E-state index contributed by atoms with van der Waals surface area (Å²) in [5.74, 6) is -3.98. The molecule has 1 atom stereocenters. The second kappa shape index (κ2) is 8.02. The molecule has 1 amide bonds. The summed E-state index contributed by atoms with van der Waals surface area (Å²) in [5, 5.41) is 8.80. The van der Waals surface area contributed by atoms with E-state index in [2.05, 4.69) is 6.07 Å². The molecule has 1 aromatic rings. The van der Waals surface area contributed by atoms with Crippen LogP contribution in [0.4, 0.5) is 8.78 Å². The van der Waals surface area contributed by atoms with E-state index in [0.717, 1.165) is 12.1 Å². The van der Waals surface area contributed by atoms with Crippen LogP contribution in [-0.2, 0) is 21.1 Å². The summed E-state index contributed by atoms with van der Waals surface area (Å²) in [6.45, 7) is 4.26. The lowest BCUT2D eigenvalue weighted by molar-refractivity contribution is -0.130. The fourth-order valence-electron chi connectivity index (χ4n) is 1.96. The lowest BCUT2D eigenvalue weighted by Crippen LogP contribution is -2.35. The molecular formula is C15H18F2N2O3S. The van der Waals surface area contributed by atoms with Gasteiger partial charge in [0.25, 0.3) is 0 Å². The molecule has 0 spiro atoms. The number of rotatable bonds is 7. The van der Waals surface area contributed by atoms with E-state index in [0.29, 0.717) is 18.7 Å². The van der Waals surface area contributed by atoms with Gasteiger partial charge in [-0.3, -0.25) is 4.79 Å². The number of alkyl halides is 2. The van der Waals surface area contributed by atoms with Gasteiger partial charge >= 0.3 is 5.76 Å². The summed E-state index contributed by atoms with van der Waals surface area (Å²) in [6.07, 6.45) is 0.0149. The van der Waals surface area contributed by atoms with Crippen LogP contribution >= 0.6 is 0 Å². The van der Waals surface area contributed by atoms with E-state index in [4.69, 9.17) is 5.26 Å². The molecule has 0 fully saturated rings. The predicted octanol–water partition coefficient (Wildman–Crippen LogP) is 2.23. The Morgan fingerprint density at radius 1 is 1.30 bits per heavy atom. The molecular weight excluding hydrogens is 326 g/mol. The van der Waals surface area contributed by atoms with Gasteiger partial charge in [0, 0.05) is 13.1 Å². The molecule has 0 bridgehead atoms. The van der Waals surface area contributed by atoms with Gasteiger partial charge in [0.2, 0.25) is 15.7 Å². The van der Waals surface area contributed by atoms with Crippen molar-refractivity contribution in [1.29, 1.82) is 5.26 Å². The molecule has 5 nitrogen and oxygen atoms in total. The SMILES string of the molecule is CCN(CC(C)C#N)C(=O)Cc1ccc(S(=O)(=O)C(F)F)cc1. The van der Waals surface area contributed by atoms with Gasteiger partial charge in [0.1, 0.15) is 0 Å². The first-order chi connectivity index (χ1) is 10.7. The lowest BCUT2D eigenvalue weighted by Gasteiger charge is -2.22. The Morgan fingerprint density at radius 3 is 2.30 bits per heavy atom. The minimum absolute atomic E-state index is 0.0149. The van der Waals surface area contributed by atoms with E-state index >= 15 is 0 Å². The highest BCUT2D eigenvalue weighted by Gasteiger charge is 2.26. The second-order valence-corrected chi connectivity index (χ2v) is 7.01. The largest absolute Gasteiger partial charge is 0.341 e. The Balaban J connectivity index is 2.82. The monoisotopic (exact) mass is 344 g/mol. The smallest absolute Gasteiger partial charge is 0.341 e. The molecule has 0 aliphatic heterocycles. The number of nitrogens with zero attached hydrogens (tertiary/aromatic N) is 2. The van der Waals surface area contributed by atoms with Crippen molar-refractivity contribution in [2.45, 2.75) is 30.9 Å². The Hall–Kier alpha value is -2.01. The number of nitriles is 1. The van der Waals surface area contributed by atoms with Gasteiger partial charge in [-0.1, -0.05) is 12.1 Å². The highest BCUT2D eigenvalue weighted by atomic mass is 32.2. The minimum atomic E-state index is -4.63. The van der Waals surface area contributed by atoms with Gasteiger partial charge in [-0.25, -0.2) is 8.42 Å². The average Bonchev–Trinajstić information content (AvgIpc) is 2.52. The first kappa shape index (κ1) is 19.0. The molecule has 0 saturated carbocycles. The van der Waals surface area contributed by atoms with E-state index in [-0.39, 0.29) is 18.2 Å². The standard InChI is InChI=1S/C15H18F2N2O3S/c1-3-19(10-11(2)9-18)14(20)8-12-4-6-13(7-5-12)23(21,22)15(16)17/h4-7,11,15H,3,8,10H2,1-2H3. The van der Waals surface area contributed by atoms with Crippen molar-refractivity contribution in [1.82, 2.24) is 4.90 Å². The predicted molar refractivity (Wildman–Crippen MR) is 80.4 cm³/mol. The zero-order chi connectivity index (χ0) is 17.6. The number of hydrogen-bond donors (Lipinski definition) is 0. The van der Waals surface area contributed by atoms with E-state index in [9.17, 15) is 22.0 Å². The quantitative estimate of drug-likeness (QED) is 0.760. The molecule has 0 heterocycles. The van der Waals surface area contributed by atoms with Crippen LogP contribution in [0, 0.1) is 17.2 Å². The van der Waals surface area contributed by atoms with Gasteiger partial charge in [0.05, 0.1) is 23.3 Å². The van der Waals surface area contributed by atoms with Gasteiger partial charge in [-0.2, -0.15) is 14.0 Å². The molecule has 23 heavy (non-hydrogen) atoms. The molecule has 126 valence electrons. The highest BCUT2D eigenvalue weighted by Crippen LogP contribution is 2.19. The van der Waals surface area contributed by atoms with Crippen LogP contribution in [0.25, 0.3) is 0 Å².